The van der Waals surface area contributed by atoms with Gasteiger partial charge in [-0.1, -0.05) is 23.7 Å². The second-order valence-electron chi connectivity index (χ2n) is 6.64. The molecule has 28 heavy (non-hydrogen) atoms. The fraction of sp³-hybridized carbons (Fsp3) is 0.350. The van der Waals surface area contributed by atoms with Crippen LogP contribution in [-0.2, 0) is 0 Å². The fourth-order valence-electron chi connectivity index (χ4n) is 3.17. The molecule has 2 aromatic carbocycles. The van der Waals surface area contributed by atoms with Gasteiger partial charge in [0.05, 0.1) is 29.6 Å². The highest BCUT2D eigenvalue weighted by molar-refractivity contribution is 6.31. The molecule has 0 aliphatic carbocycles. The van der Waals surface area contributed by atoms with Gasteiger partial charge in [0.2, 0.25) is 0 Å². The van der Waals surface area contributed by atoms with E-state index in [0.717, 1.165) is 11.4 Å². The van der Waals surface area contributed by atoms with Crippen molar-refractivity contribution >= 4 is 28.9 Å². The Hall–Kier alpha value is -2.35. The third kappa shape index (κ3) is 4.73. The molecular formula is C20H23ClFN3O3. The number of aliphatic hydroxyl groups excluding tert-OH is 2. The summed E-state index contributed by atoms with van der Waals surface area (Å²) in [4.78, 5) is 16.3. The highest BCUT2D eigenvalue weighted by atomic mass is 35.5. The summed E-state index contributed by atoms with van der Waals surface area (Å²) in [5, 5.41) is 22.2. The molecule has 3 rings (SSSR count). The van der Waals surface area contributed by atoms with E-state index >= 15 is 0 Å². The van der Waals surface area contributed by atoms with Gasteiger partial charge in [-0.15, -0.1) is 0 Å². The summed E-state index contributed by atoms with van der Waals surface area (Å²) in [6, 6.07) is 11.4. The summed E-state index contributed by atoms with van der Waals surface area (Å²) in [5.74, 6) is -0.820. The number of nitrogens with zero attached hydrogens (tertiary/aromatic N) is 2. The molecule has 1 aliphatic rings. The first kappa shape index (κ1) is 20.4. The quantitative estimate of drug-likeness (QED) is 0.684. The van der Waals surface area contributed by atoms with Gasteiger partial charge < -0.3 is 25.3 Å². The van der Waals surface area contributed by atoms with Gasteiger partial charge >= 0.3 is 0 Å². The molecule has 1 saturated heterocycles. The van der Waals surface area contributed by atoms with Gasteiger partial charge in [0.1, 0.15) is 5.82 Å². The van der Waals surface area contributed by atoms with Gasteiger partial charge in [-0.3, -0.25) is 4.79 Å². The zero-order valence-corrected chi connectivity index (χ0v) is 16.1. The van der Waals surface area contributed by atoms with E-state index in [2.05, 4.69) is 10.2 Å². The number of carbonyl (C=O) groups is 1. The summed E-state index contributed by atoms with van der Waals surface area (Å²) < 4.78 is 13.9. The molecule has 2 aromatic rings. The summed E-state index contributed by atoms with van der Waals surface area (Å²) in [6.07, 6.45) is -0.873. The van der Waals surface area contributed by atoms with Crippen LogP contribution in [0.1, 0.15) is 10.4 Å². The standard InChI is InChI=1S/C20H23ClFN3O3/c21-14-5-6-19(18(11-14)23-12-15(27)13-26)24-7-9-25(10-8-24)20(28)16-3-1-2-4-17(16)22/h1-6,11,15,23,26-27H,7-10,12-13H2. The van der Waals surface area contributed by atoms with Crippen LogP contribution in [0.25, 0.3) is 0 Å². The molecule has 1 unspecified atom stereocenters. The lowest BCUT2D eigenvalue weighted by molar-refractivity contribution is 0.0742. The number of anilines is 2. The van der Waals surface area contributed by atoms with E-state index in [1.165, 1.54) is 12.1 Å². The van der Waals surface area contributed by atoms with Crippen molar-refractivity contribution in [1.82, 2.24) is 4.90 Å². The Morgan fingerprint density at radius 1 is 1.18 bits per heavy atom. The van der Waals surface area contributed by atoms with E-state index in [0.29, 0.717) is 31.2 Å². The molecule has 8 heteroatoms. The van der Waals surface area contributed by atoms with Gasteiger partial charge in [-0.25, -0.2) is 4.39 Å². The van der Waals surface area contributed by atoms with Crippen LogP contribution in [0.4, 0.5) is 15.8 Å². The second-order valence-corrected chi connectivity index (χ2v) is 7.07. The van der Waals surface area contributed by atoms with Gasteiger partial charge in [-0.2, -0.15) is 0 Å². The minimum Gasteiger partial charge on any atom is -0.394 e. The minimum absolute atomic E-state index is 0.0859. The molecule has 1 heterocycles. The molecule has 0 saturated carbocycles. The first-order valence-electron chi connectivity index (χ1n) is 9.10. The minimum atomic E-state index is -0.873. The highest BCUT2D eigenvalue weighted by Crippen LogP contribution is 2.30. The molecule has 1 aliphatic heterocycles. The van der Waals surface area contributed by atoms with Crippen molar-refractivity contribution in [2.45, 2.75) is 6.10 Å². The number of hydrogen-bond donors (Lipinski definition) is 3. The predicted molar refractivity (Wildman–Crippen MR) is 108 cm³/mol. The van der Waals surface area contributed by atoms with Gasteiger partial charge in [0, 0.05) is 37.7 Å². The number of carbonyl (C=O) groups excluding carboxylic acids is 1. The molecule has 0 spiro atoms. The summed E-state index contributed by atoms with van der Waals surface area (Å²) in [6.45, 7) is 1.95. The van der Waals surface area contributed by atoms with Crippen LogP contribution in [0.15, 0.2) is 42.5 Å². The van der Waals surface area contributed by atoms with Crippen LogP contribution in [0, 0.1) is 5.82 Å². The smallest absolute Gasteiger partial charge is 0.256 e. The fourth-order valence-corrected chi connectivity index (χ4v) is 3.35. The number of hydrogen-bond acceptors (Lipinski definition) is 5. The molecule has 0 bridgehead atoms. The molecular weight excluding hydrogens is 385 g/mol. The van der Waals surface area contributed by atoms with Crippen LogP contribution in [0.5, 0.6) is 0 Å². The highest BCUT2D eigenvalue weighted by Gasteiger charge is 2.25. The first-order chi connectivity index (χ1) is 13.5. The van der Waals surface area contributed by atoms with Crippen molar-refractivity contribution in [3.05, 3.63) is 58.9 Å². The van der Waals surface area contributed by atoms with E-state index in [-0.39, 0.29) is 24.6 Å². The number of amides is 1. The Morgan fingerprint density at radius 2 is 1.89 bits per heavy atom. The Morgan fingerprint density at radius 3 is 2.57 bits per heavy atom. The molecule has 150 valence electrons. The van der Waals surface area contributed by atoms with Crippen LogP contribution >= 0.6 is 11.6 Å². The lowest BCUT2D eigenvalue weighted by Crippen LogP contribution is -2.49. The predicted octanol–water partition coefficient (Wildman–Crippen LogP) is 2.21. The molecule has 1 fully saturated rings. The Labute approximate surface area is 168 Å². The molecule has 6 nitrogen and oxygen atoms in total. The molecule has 0 radical (unpaired) electrons. The monoisotopic (exact) mass is 407 g/mol. The average Bonchev–Trinajstić information content (AvgIpc) is 2.72. The van der Waals surface area contributed by atoms with E-state index in [1.54, 1.807) is 29.2 Å². The van der Waals surface area contributed by atoms with Crippen LogP contribution in [0.2, 0.25) is 5.02 Å². The van der Waals surface area contributed by atoms with E-state index in [4.69, 9.17) is 16.7 Å². The van der Waals surface area contributed by atoms with E-state index in [9.17, 15) is 14.3 Å². The SMILES string of the molecule is O=C(c1ccccc1F)N1CCN(c2ccc(Cl)cc2NCC(O)CO)CC1. The molecule has 0 aromatic heterocycles. The topological polar surface area (TPSA) is 76.0 Å². The molecule has 1 amide bonds. The van der Waals surface area contributed by atoms with Crippen molar-refractivity contribution in [3.63, 3.8) is 0 Å². The van der Waals surface area contributed by atoms with E-state index < -0.39 is 11.9 Å². The second kappa shape index (κ2) is 9.23. The lowest BCUT2D eigenvalue weighted by Gasteiger charge is -2.37. The van der Waals surface area contributed by atoms with Crippen molar-refractivity contribution in [3.8, 4) is 0 Å². The summed E-state index contributed by atoms with van der Waals surface area (Å²) in [7, 11) is 0. The van der Waals surface area contributed by atoms with Gasteiger partial charge in [0.25, 0.3) is 5.91 Å². The maximum atomic E-state index is 13.9. The van der Waals surface area contributed by atoms with Gasteiger partial charge in [-0.05, 0) is 30.3 Å². The lowest BCUT2D eigenvalue weighted by atomic mass is 10.1. The Bertz CT molecular complexity index is 828. The zero-order chi connectivity index (χ0) is 20.1. The third-order valence-electron chi connectivity index (χ3n) is 4.71. The number of piperazine rings is 1. The van der Waals surface area contributed by atoms with Crippen molar-refractivity contribution in [2.24, 2.45) is 0 Å². The zero-order valence-electron chi connectivity index (χ0n) is 15.3. The number of halogens is 2. The first-order valence-corrected chi connectivity index (χ1v) is 9.48. The summed E-state index contributed by atoms with van der Waals surface area (Å²) in [5.41, 5.74) is 1.73. The van der Waals surface area contributed by atoms with Gasteiger partial charge in [0.15, 0.2) is 0 Å². The molecule has 3 N–H and O–H groups in total. The number of nitrogens with one attached hydrogen (secondary N) is 1. The number of aliphatic hydroxyl groups is 2. The Balaban J connectivity index is 1.68. The van der Waals surface area contributed by atoms with Crippen LogP contribution in [-0.4, -0.2) is 66.5 Å². The normalized spacial score (nSPS) is 15.4. The Kier molecular flexibility index (Phi) is 6.72. The maximum absolute atomic E-state index is 13.9. The average molecular weight is 408 g/mol. The molecule has 1 atom stereocenters. The van der Waals surface area contributed by atoms with Crippen molar-refractivity contribution in [1.29, 1.82) is 0 Å². The third-order valence-corrected chi connectivity index (χ3v) is 4.94. The van der Waals surface area contributed by atoms with Crippen LogP contribution < -0.4 is 10.2 Å². The van der Waals surface area contributed by atoms with Crippen molar-refractivity contribution in [2.75, 3.05) is 49.5 Å². The van der Waals surface area contributed by atoms with E-state index in [1.807, 2.05) is 6.07 Å². The summed E-state index contributed by atoms with van der Waals surface area (Å²) >= 11 is 6.09. The maximum Gasteiger partial charge on any atom is 0.256 e. The number of benzene rings is 2. The number of rotatable bonds is 6. The van der Waals surface area contributed by atoms with Crippen molar-refractivity contribution < 1.29 is 19.4 Å². The van der Waals surface area contributed by atoms with Crippen LogP contribution in [0.3, 0.4) is 0 Å². The largest absolute Gasteiger partial charge is 0.394 e.